The molecule has 0 heterocycles. The van der Waals surface area contributed by atoms with Crippen molar-refractivity contribution in [2.24, 2.45) is 0 Å². The van der Waals surface area contributed by atoms with E-state index in [-0.39, 0.29) is 34.6 Å². The zero-order valence-electron chi connectivity index (χ0n) is 24.9. The average Bonchev–Trinajstić information content (AvgIpc) is 2.98. The Bertz CT molecular complexity index is 1650. The highest BCUT2D eigenvalue weighted by atomic mass is 35.5. The minimum atomic E-state index is -4.64. The number of sulfonamides is 1. The molecule has 2 amide bonds. The van der Waals surface area contributed by atoms with Crippen molar-refractivity contribution in [3.8, 4) is 5.75 Å². The topological polar surface area (TPSA) is 139 Å². The molecular weight excluding hydrogens is 631 g/mol. The van der Waals surface area contributed by atoms with Gasteiger partial charge in [-0.25, -0.2) is 8.42 Å². The molecule has 0 bridgehead atoms. The molecule has 0 fully saturated rings. The first-order chi connectivity index (χ1) is 20.7. The molecule has 0 aromatic heterocycles. The average molecular weight is 666 g/mol. The fraction of sp³-hybridized carbons (Fsp3) is 0.333. The molecule has 0 aliphatic rings. The van der Waals surface area contributed by atoms with E-state index in [2.05, 4.69) is 5.32 Å². The summed E-state index contributed by atoms with van der Waals surface area (Å²) in [6.45, 7) is 5.84. The van der Waals surface area contributed by atoms with Crippen LogP contribution in [-0.4, -0.2) is 55.8 Å². The number of nitro benzene ring substituents is 1. The molecule has 236 valence electrons. The second-order valence-corrected chi connectivity index (χ2v) is 12.8. The third-order valence-corrected chi connectivity index (χ3v) is 9.48. The molecule has 0 radical (unpaired) electrons. The standard InChI is InChI=1S/C30H34Cl2N4O7S/c1-6-20(3)33-30(38)21(4)34(17-22-9-7-8-10-25(22)32)29(37)18-35(27-15-23(31)12-14-28(27)43-5)44(41,42)24-13-11-19(2)26(16-24)36(39)40/h7-16,20-21H,6,17-18H2,1-5H3,(H,33,38)/t20-,21-/m0/s1. The number of benzene rings is 3. The first-order valence-corrected chi connectivity index (χ1v) is 15.8. The van der Waals surface area contributed by atoms with Crippen molar-refractivity contribution < 1.29 is 27.7 Å². The van der Waals surface area contributed by atoms with Gasteiger partial charge in [-0.15, -0.1) is 0 Å². The zero-order chi connectivity index (χ0) is 32.8. The van der Waals surface area contributed by atoms with Crippen molar-refractivity contribution in [2.45, 2.75) is 57.6 Å². The Morgan fingerprint density at radius 1 is 1.07 bits per heavy atom. The van der Waals surface area contributed by atoms with Crippen molar-refractivity contribution >= 4 is 56.4 Å². The van der Waals surface area contributed by atoms with Crippen LogP contribution >= 0.6 is 23.2 Å². The molecule has 0 saturated heterocycles. The van der Waals surface area contributed by atoms with Crippen molar-refractivity contribution in [1.82, 2.24) is 10.2 Å². The van der Waals surface area contributed by atoms with Crippen molar-refractivity contribution in [3.05, 3.63) is 92.0 Å². The third kappa shape index (κ3) is 7.99. The monoisotopic (exact) mass is 664 g/mol. The molecule has 3 aromatic rings. The van der Waals surface area contributed by atoms with Gasteiger partial charge in [0.15, 0.2) is 0 Å². The van der Waals surface area contributed by atoms with E-state index in [1.165, 1.54) is 56.2 Å². The lowest BCUT2D eigenvalue weighted by Gasteiger charge is -2.33. The number of carbonyl (C=O) groups excluding carboxylic acids is 2. The number of nitro groups is 1. The van der Waals surface area contributed by atoms with Crippen LogP contribution in [-0.2, 0) is 26.2 Å². The number of aryl methyl sites for hydroxylation is 1. The fourth-order valence-electron chi connectivity index (χ4n) is 4.30. The van der Waals surface area contributed by atoms with Gasteiger partial charge >= 0.3 is 0 Å². The van der Waals surface area contributed by atoms with Crippen LogP contribution in [0.15, 0.2) is 65.6 Å². The van der Waals surface area contributed by atoms with E-state index in [9.17, 15) is 28.1 Å². The van der Waals surface area contributed by atoms with E-state index in [0.717, 1.165) is 10.4 Å². The Balaban J connectivity index is 2.17. The minimum absolute atomic E-state index is 0.0765. The van der Waals surface area contributed by atoms with E-state index in [0.29, 0.717) is 17.0 Å². The van der Waals surface area contributed by atoms with Gasteiger partial charge in [-0.3, -0.25) is 24.0 Å². The minimum Gasteiger partial charge on any atom is -0.495 e. The smallest absolute Gasteiger partial charge is 0.273 e. The van der Waals surface area contributed by atoms with Gasteiger partial charge in [0, 0.05) is 34.3 Å². The Morgan fingerprint density at radius 3 is 2.36 bits per heavy atom. The molecule has 0 saturated carbocycles. The molecule has 44 heavy (non-hydrogen) atoms. The van der Waals surface area contributed by atoms with E-state index in [1.807, 2.05) is 13.8 Å². The number of amides is 2. The highest BCUT2D eigenvalue weighted by Gasteiger charge is 2.35. The lowest BCUT2D eigenvalue weighted by atomic mass is 10.1. The predicted octanol–water partition coefficient (Wildman–Crippen LogP) is 5.75. The number of halogens is 2. The van der Waals surface area contributed by atoms with E-state index in [1.54, 1.807) is 24.3 Å². The number of nitrogens with one attached hydrogen (secondary N) is 1. The summed E-state index contributed by atoms with van der Waals surface area (Å²) in [5.74, 6) is -1.11. The SMILES string of the molecule is CC[C@H](C)NC(=O)[C@H](C)N(Cc1ccccc1Cl)C(=O)CN(c1cc(Cl)ccc1OC)S(=O)(=O)c1ccc(C)c([N+](=O)[O-])c1. The largest absolute Gasteiger partial charge is 0.495 e. The van der Waals surface area contributed by atoms with Gasteiger partial charge in [-0.1, -0.05) is 54.4 Å². The summed E-state index contributed by atoms with van der Waals surface area (Å²) < 4.78 is 34.6. The first kappa shape index (κ1) is 34.6. The van der Waals surface area contributed by atoms with E-state index >= 15 is 0 Å². The number of rotatable bonds is 13. The Labute approximate surface area is 266 Å². The zero-order valence-corrected chi connectivity index (χ0v) is 27.2. The molecule has 3 aromatic carbocycles. The Hall–Kier alpha value is -3.87. The molecule has 1 N–H and O–H groups in total. The predicted molar refractivity (Wildman–Crippen MR) is 170 cm³/mol. The summed E-state index contributed by atoms with van der Waals surface area (Å²) in [6.07, 6.45) is 0.653. The number of hydrogen-bond donors (Lipinski definition) is 1. The molecule has 0 aliphatic carbocycles. The van der Waals surface area contributed by atoms with Crippen molar-refractivity contribution in [1.29, 1.82) is 0 Å². The third-order valence-electron chi connectivity index (χ3n) is 7.12. The summed E-state index contributed by atoms with van der Waals surface area (Å²) in [5.41, 5.74) is 0.302. The lowest BCUT2D eigenvalue weighted by molar-refractivity contribution is -0.385. The maximum absolute atomic E-state index is 14.2. The maximum atomic E-state index is 14.2. The highest BCUT2D eigenvalue weighted by Crippen LogP contribution is 2.36. The first-order valence-electron chi connectivity index (χ1n) is 13.7. The van der Waals surface area contributed by atoms with Gasteiger partial charge in [0.05, 0.1) is 22.6 Å². The molecular formula is C30H34Cl2N4O7S. The van der Waals surface area contributed by atoms with Crippen LogP contribution < -0.4 is 14.4 Å². The summed E-state index contributed by atoms with van der Waals surface area (Å²) in [7, 11) is -3.32. The maximum Gasteiger partial charge on any atom is 0.273 e. The quantitative estimate of drug-likeness (QED) is 0.181. The summed E-state index contributed by atoms with van der Waals surface area (Å²) >= 11 is 12.6. The van der Waals surface area contributed by atoms with Gasteiger partial charge < -0.3 is 15.0 Å². The van der Waals surface area contributed by atoms with Gasteiger partial charge in [0.1, 0.15) is 18.3 Å². The van der Waals surface area contributed by atoms with E-state index in [4.69, 9.17) is 27.9 Å². The molecule has 3 rings (SSSR count). The fourth-order valence-corrected chi connectivity index (χ4v) is 6.10. The van der Waals surface area contributed by atoms with Crippen LogP contribution in [0, 0.1) is 17.0 Å². The lowest BCUT2D eigenvalue weighted by Crippen LogP contribution is -2.52. The van der Waals surface area contributed by atoms with Crippen LogP contribution in [0.4, 0.5) is 11.4 Å². The summed E-state index contributed by atoms with van der Waals surface area (Å²) in [4.78, 5) is 39.1. The molecule has 0 aliphatic heterocycles. The van der Waals surface area contributed by atoms with Crippen LogP contribution in [0.1, 0.15) is 38.3 Å². The molecule has 14 heteroatoms. The Morgan fingerprint density at radius 2 is 1.75 bits per heavy atom. The summed E-state index contributed by atoms with van der Waals surface area (Å²) in [6, 6.07) is 13.3. The van der Waals surface area contributed by atoms with Gasteiger partial charge in [-0.2, -0.15) is 0 Å². The Kier molecular flexibility index (Phi) is 11.6. The second kappa shape index (κ2) is 14.7. The number of anilines is 1. The van der Waals surface area contributed by atoms with Gasteiger partial charge in [-0.05, 0) is 63.1 Å². The molecule has 0 unspecified atom stereocenters. The second-order valence-electron chi connectivity index (χ2n) is 10.1. The van der Waals surface area contributed by atoms with Crippen LogP contribution in [0.25, 0.3) is 0 Å². The van der Waals surface area contributed by atoms with Crippen molar-refractivity contribution in [3.63, 3.8) is 0 Å². The van der Waals surface area contributed by atoms with Gasteiger partial charge in [0.25, 0.3) is 15.7 Å². The highest BCUT2D eigenvalue weighted by molar-refractivity contribution is 7.92. The number of carbonyl (C=O) groups is 2. The number of methoxy groups -OCH3 is 1. The summed E-state index contributed by atoms with van der Waals surface area (Å²) in [5, 5.41) is 15.0. The van der Waals surface area contributed by atoms with Crippen LogP contribution in [0.3, 0.4) is 0 Å². The van der Waals surface area contributed by atoms with E-state index < -0.39 is 49.9 Å². The van der Waals surface area contributed by atoms with Crippen molar-refractivity contribution in [2.75, 3.05) is 18.0 Å². The molecule has 0 spiro atoms. The number of hydrogen-bond acceptors (Lipinski definition) is 7. The number of nitrogens with zero attached hydrogens (tertiary/aromatic N) is 3. The molecule has 11 nitrogen and oxygen atoms in total. The van der Waals surface area contributed by atoms with Crippen LogP contribution in [0.2, 0.25) is 10.0 Å². The number of ether oxygens (including phenoxy) is 1. The molecule has 2 atom stereocenters. The normalized spacial score (nSPS) is 12.6. The van der Waals surface area contributed by atoms with Gasteiger partial charge in [0.2, 0.25) is 11.8 Å². The van der Waals surface area contributed by atoms with Crippen LogP contribution in [0.5, 0.6) is 5.75 Å².